The van der Waals surface area contributed by atoms with Crippen molar-refractivity contribution in [1.82, 2.24) is 10.6 Å². The first kappa shape index (κ1) is 25.1. The summed E-state index contributed by atoms with van der Waals surface area (Å²) in [5, 5.41) is 4.95. The zero-order valence-corrected chi connectivity index (χ0v) is 18.2. The fourth-order valence-corrected chi connectivity index (χ4v) is 4.44. The van der Waals surface area contributed by atoms with Crippen molar-refractivity contribution in [3.63, 3.8) is 0 Å². The van der Waals surface area contributed by atoms with Crippen LogP contribution in [0.25, 0.3) is 0 Å². The molecule has 0 radical (unpaired) electrons. The fourth-order valence-electron chi connectivity index (χ4n) is 3.22. The van der Waals surface area contributed by atoms with Gasteiger partial charge >= 0.3 is 18.1 Å². The van der Waals surface area contributed by atoms with Gasteiger partial charge in [0.2, 0.25) is 6.41 Å². The Morgan fingerprint density at radius 3 is 2.38 bits per heavy atom. The quantitative estimate of drug-likeness (QED) is 0.335. The number of alkyl halides is 3. The number of hydrogen-bond donors (Lipinski definition) is 2. The van der Waals surface area contributed by atoms with E-state index in [9.17, 15) is 31.8 Å². The lowest BCUT2D eigenvalue weighted by Crippen LogP contribution is -2.35. The molecule has 1 heterocycles. The molecule has 2 unspecified atom stereocenters. The number of esters is 2. The van der Waals surface area contributed by atoms with Crippen LogP contribution in [0.15, 0.2) is 46.1 Å². The largest absolute Gasteiger partial charge is 0.466 e. The van der Waals surface area contributed by atoms with E-state index in [1.165, 1.54) is 13.0 Å². The van der Waals surface area contributed by atoms with Gasteiger partial charge in [-0.2, -0.15) is 13.2 Å². The van der Waals surface area contributed by atoms with E-state index in [-0.39, 0.29) is 39.7 Å². The minimum atomic E-state index is -4.67. The number of carbonyl (C=O) groups is 3. The van der Waals surface area contributed by atoms with Crippen molar-refractivity contribution >= 4 is 29.1 Å². The Morgan fingerprint density at radius 1 is 1.19 bits per heavy atom. The molecule has 0 saturated carbocycles. The lowest BCUT2D eigenvalue weighted by molar-refractivity contribution is -0.138. The summed E-state index contributed by atoms with van der Waals surface area (Å²) in [6.07, 6.45) is -4.26. The molecule has 0 fully saturated rings. The van der Waals surface area contributed by atoms with E-state index in [0.29, 0.717) is 6.41 Å². The molecule has 2 N–H and O–H groups in total. The summed E-state index contributed by atoms with van der Waals surface area (Å²) in [6, 6.07) is 4.12. The Labute approximate surface area is 184 Å². The van der Waals surface area contributed by atoms with Gasteiger partial charge in [0, 0.05) is 18.0 Å². The van der Waals surface area contributed by atoms with Gasteiger partial charge < -0.3 is 20.1 Å². The van der Waals surface area contributed by atoms with Gasteiger partial charge in [-0.1, -0.05) is 18.2 Å². The molecule has 12 heteroatoms. The zero-order valence-electron chi connectivity index (χ0n) is 17.4. The molecule has 2 rings (SSSR count). The number of methoxy groups -OCH3 is 2. The average molecular weight is 474 g/mol. The van der Waals surface area contributed by atoms with E-state index < -0.39 is 40.4 Å². The van der Waals surface area contributed by atoms with Gasteiger partial charge in [-0.25, -0.2) is 9.59 Å². The Bertz CT molecular complexity index is 1000. The molecular weight excluding hydrogens is 453 g/mol. The monoisotopic (exact) mass is 474 g/mol. The highest BCUT2D eigenvalue weighted by atomic mass is 32.2. The molecule has 2 atom stereocenters. The minimum absolute atomic E-state index is 0.0105. The second kappa shape index (κ2) is 10.4. The van der Waals surface area contributed by atoms with Gasteiger partial charge in [-0.15, -0.1) is 0 Å². The molecule has 1 aliphatic heterocycles. The first-order chi connectivity index (χ1) is 15.1. The Hall–Kier alpha value is -3.15. The van der Waals surface area contributed by atoms with Gasteiger partial charge in [0.05, 0.1) is 47.6 Å². The highest BCUT2D eigenvalue weighted by molar-refractivity contribution is 7.89. The molecule has 32 heavy (non-hydrogen) atoms. The van der Waals surface area contributed by atoms with Crippen molar-refractivity contribution in [1.29, 1.82) is 0 Å². The standard InChI is InChI=1S/C20H21F3N2O6S/c1-11-14(18(27)30-2)15(12-5-4-6-13(9-12)20(21,22)23)16(19(28)31-3)17(25-11)32(29)8-7-24-10-26/h4-6,9-10,15,25H,7-8H2,1-3H3,(H,24,26). The molecular formula is C20H21F3N2O6S. The van der Waals surface area contributed by atoms with E-state index in [4.69, 9.17) is 9.47 Å². The van der Waals surface area contributed by atoms with Crippen molar-refractivity contribution in [2.75, 3.05) is 26.5 Å². The molecule has 1 aromatic rings. The number of rotatable bonds is 8. The average Bonchev–Trinajstić information content (AvgIpc) is 2.76. The maximum absolute atomic E-state index is 13.3. The number of nitrogens with one attached hydrogen (secondary N) is 2. The maximum atomic E-state index is 13.3. The molecule has 0 saturated heterocycles. The number of amides is 1. The summed E-state index contributed by atoms with van der Waals surface area (Å²) in [5.74, 6) is -3.30. The third-order valence-corrected chi connectivity index (χ3v) is 5.98. The van der Waals surface area contributed by atoms with Crippen LogP contribution in [0, 0.1) is 0 Å². The molecule has 0 aliphatic carbocycles. The molecule has 1 aliphatic rings. The smallest absolute Gasteiger partial charge is 0.416 e. The highest BCUT2D eigenvalue weighted by Crippen LogP contribution is 2.41. The SMILES string of the molecule is COC(=O)C1=C(C)NC(S(=O)CCNC=O)=C(C(=O)OC)C1c1cccc(C(F)(F)F)c1. The van der Waals surface area contributed by atoms with Gasteiger partial charge in [0.25, 0.3) is 0 Å². The van der Waals surface area contributed by atoms with Crippen LogP contribution in [0.4, 0.5) is 13.2 Å². The molecule has 174 valence electrons. The van der Waals surface area contributed by atoms with E-state index >= 15 is 0 Å². The Balaban J connectivity index is 2.76. The van der Waals surface area contributed by atoms with Crippen molar-refractivity contribution in [2.45, 2.75) is 19.0 Å². The number of allylic oxidation sites excluding steroid dienone is 1. The normalized spacial score (nSPS) is 17.4. The minimum Gasteiger partial charge on any atom is -0.466 e. The van der Waals surface area contributed by atoms with Crippen molar-refractivity contribution in [2.24, 2.45) is 0 Å². The van der Waals surface area contributed by atoms with Crippen LogP contribution in [0.5, 0.6) is 0 Å². The summed E-state index contributed by atoms with van der Waals surface area (Å²) in [7, 11) is 0.251. The van der Waals surface area contributed by atoms with Crippen LogP contribution in [0.1, 0.15) is 24.0 Å². The highest BCUT2D eigenvalue weighted by Gasteiger charge is 2.41. The van der Waals surface area contributed by atoms with Gasteiger partial charge in [-0.05, 0) is 18.6 Å². The van der Waals surface area contributed by atoms with E-state index in [2.05, 4.69) is 10.6 Å². The summed E-state index contributed by atoms with van der Waals surface area (Å²) in [4.78, 5) is 35.7. The number of benzene rings is 1. The molecule has 1 amide bonds. The predicted octanol–water partition coefficient (Wildman–Crippen LogP) is 1.72. The van der Waals surface area contributed by atoms with Crippen LogP contribution in [0.3, 0.4) is 0 Å². The van der Waals surface area contributed by atoms with Gasteiger partial charge in [0.1, 0.15) is 5.03 Å². The maximum Gasteiger partial charge on any atom is 0.416 e. The lowest BCUT2D eigenvalue weighted by Gasteiger charge is -2.31. The topological polar surface area (TPSA) is 111 Å². The zero-order chi connectivity index (χ0) is 24.1. The second-order valence-corrected chi connectivity index (χ2v) is 8.08. The summed E-state index contributed by atoms with van der Waals surface area (Å²) >= 11 is 0. The number of hydrogen-bond acceptors (Lipinski definition) is 7. The van der Waals surface area contributed by atoms with Gasteiger partial charge in [0.15, 0.2) is 0 Å². The Morgan fingerprint density at radius 2 is 1.81 bits per heavy atom. The van der Waals surface area contributed by atoms with Crippen LogP contribution in [-0.4, -0.2) is 49.1 Å². The van der Waals surface area contributed by atoms with E-state index in [0.717, 1.165) is 32.4 Å². The molecule has 0 aromatic heterocycles. The van der Waals surface area contributed by atoms with Crippen molar-refractivity contribution in [3.8, 4) is 0 Å². The van der Waals surface area contributed by atoms with Crippen LogP contribution >= 0.6 is 0 Å². The second-order valence-electron chi connectivity index (χ2n) is 6.57. The fraction of sp³-hybridized carbons (Fsp3) is 0.350. The predicted molar refractivity (Wildman–Crippen MR) is 108 cm³/mol. The summed E-state index contributed by atoms with van der Waals surface area (Å²) in [6.45, 7) is 1.46. The summed E-state index contributed by atoms with van der Waals surface area (Å²) < 4.78 is 62.5. The van der Waals surface area contributed by atoms with E-state index in [1.807, 2.05) is 0 Å². The number of halogens is 3. The van der Waals surface area contributed by atoms with Crippen molar-refractivity contribution < 1.29 is 41.2 Å². The number of dihydropyridines is 1. The molecule has 1 aromatic carbocycles. The van der Waals surface area contributed by atoms with Crippen LogP contribution < -0.4 is 10.6 Å². The third kappa shape index (κ3) is 5.36. The van der Waals surface area contributed by atoms with Crippen molar-refractivity contribution in [3.05, 3.63) is 57.3 Å². The van der Waals surface area contributed by atoms with E-state index in [1.54, 1.807) is 0 Å². The van der Waals surface area contributed by atoms with Crippen LogP contribution in [0.2, 0.25) is 0 Å². The Kier molecular flexibility index (Phi) is 8.19. The third-order valence-electron chi connectivity index (χ3n) is 4.63. The summed E-state index contributed by atoms with van der Waals surface area (Å²) in [5.41, 5.74) is -1.29. The number of carbonyl (C=O) groups excluding carboxylic acids is 3. The molecule has 0 spiro atoms. The van der Waals surface area contributed by atoms with Crippen LogP contribution in [-0.2, 0) is 40.8 Å². The molecule has 0 bridgehead atoms. The molecule has 8 nitrogen and oxygen atoms in total. The lowest BCUT2D eigenvalue weighted by atomic mass is 9.81. The number of ether oxygens (including phenoxy) is 2. The first-order valence-corrected chi connectivity index (χ1v) is 10.5. The van der Waals surface area contributed by atoms with Gasteiger partial charge in [-0.3, -0.25) is 9.00 Å². The first-order valence-electron chi connectivity index (χ1n) is 9.17.